The van der Waals surface area contributed by atoms with Gasteiger partial charge in [0.1, 0.15) is 18.4 Å². The van der Waals surface area contributed by atoms with Gasteiger partial charge in [-0.25, -0.2) is 18.9 Å². The van der Waals surface area contributed by atoms with E-state index >= 15 is 0 Å². The maximum absolute atomic E-state index is 13.6. The number of benzene rings is 2. The number of hydrogen-bond donors (Lipinski definition) is 2. The van der Waals surface area contributed by atoms with Gasteiger partial charge in [0.05, 0.1) is 0 Å². The Morgan fingerprint density at radius 2 is 1.92 bits per heavy atom. The smallest absolute Gasteiger partial charge is 0.418 e. The van der Waals surface area contributed by atoms with Crippen LogP contribution in [0.15, 0.2) is 42.5 Å². The van der Waals surface area contributed by atoms with Crippen molar-refractivity contribution in [2.75, 3.05) is 18.9 Å². The van der Waals surface area contributed by atoms with Gasteiger partial charge in [-0.05, 0) is 48.7 Å². The van der Waals surface area contributed by atoms with Crippen molar-refractivity contribution in [2.24, 2.45) is 0 Å². The van der Waals surface area contributed by atoms with Crippen LogP contribution < -0.4 is 10.6 Å². The molecule has 2 atom stereocenters. The van der Waals surface area contributed by atoms with Gasteiger partial charge in [0.25, 0.3) is 5.91 Å². The first-order chi connectivity index (χ1) is 17.9. The average Bonchev–Trinajstić information content (AvgIpc) is 3.33. The largest absolute Gasteiger partial charge is 0.427 e. The van der Waals surface area contributed by atoms with E-state index in [1.54, 1.807) is 6.07 Å². The Morgan fingerprint density at radius 3 is 2.58 bits per heavy atom. The molecule has 38 heavy (non-hydrogen) atoms. The van der Waals surface area contributed by atoms with Crippen LogP contribution >= 0.6 is 0 Å². The third kappa shape index (κ3) is 5.00. The summed E-state index contributed by atoms with van der Waals surface area (Å²) in [6, 6.07) is 6.69. The molecule has 0 bridgehead atoms. The SMILES string of the molecule is CNC(=O)Nc1ccc2c(c1)CCC21OC(=O)N(CC(=O)N(Cc2cccc(F)c2)[C@@H](C)C(F)(F)F)C1=O. The monoisotopic (exact) mass is 536 g/mol. The quantitative estimate of drug-likeness (QED) is 0.548. The summed E-state index contributed by atoms with van der Waals surface area (Å²) in [6.45, 7) is -0.815. The topological polar surface area (TPSA) is 108 Å². The zero-order chi connectivity index (χ0) is 27.8. The maximum atomic E-state index is 13.6. The molecular formula is C25H24F4N4O5. The van der Waals surface area contributed by atoms with Crippen molar-refractivity contribution < 1.29 is 41.5 Å². The number of imide groups is 1. The molecule has 1 aliphatic carbocycles. The van der Waals surface area contributed by atoms with Crippen molar-refractivity contribution in [3.8, 4) is 0 Å². The van der Waals surface area contributed by atoms with Crippen LogP contribution in [0, 0.1) is 5.82 Å². The predicted molar refractivity (Wildman–Crippen MR) is 125 cm³/mol. The maximum Gasteiger partial charge on any atom is 0.418 e. The molecule has 4 rings (SSSR count). The molecule has 5 amide bonds. The zero-order valence-electron chi connectivity index (χ0n) is 20.4. The van der Waals surface area contributed by atoms with Crippen molar-refractivity contribution in [2.45, 2.75) is 44.1 Å². The Hall–Kier alpha value is -4.16. The lowest BCUT2D eigenvalue weighted by atomic mass is 9.94. The lowest BCUT2D eigenvalue weighted by Crippen LogP contribution is -2.51. The van der Waals surface area contributed by atoms with Crippen LogP contribution in [-0.2, 0) is 32.9 Å². The summed E-state index contributed by atoms with van der Waals surface area (Å²) >= 11 is 0. The fraction of sp³-hybridized carbons (Fsp3) is 0.360. The van der Waals surface area contributed by atoms with Crippen LogP contribution in [0.4, 0.5) is 32.8 Å². The van der Waals surface area contributed by atoms with E-state index in [9.17, 15) is 36.7 Å². The van der Waals surface area contributed by atoms with E-state index in [4.69, 9.17) is 4.74 Å². The van der Waals surface area contributed by atoms with Gasteiger partial charge >= 0.3 is 18.3 Å². The standard InChI is InChI=1S/C25H24F4N4O5/c1-14(25(27,28)29)32(12-15-4-3-5-17(26)10-15)20(34)13-33-21(35)24(38-23(33)37)9-8-16-11-18(6-7-19(16)24)31-22(36)30-2/h3-7,10-11,14H,8-9,12-13H2,1-2H3,(H2,30,31,36)/t14-,24?/m0/s1. The minimum Gasteiger partial charge on any atom is -0.427 e. The lowest BCUT2D eigenvalue weighted by molar-refractivity contribution is -0.187. The number of amides is 5. The summed E-state index contributed by atoms with van der Waals surface area (Å²) in [6.07, 6.45) is -5.59. The normalized spacial score (nSPS) is 19.3. The summed E-state index contributed by atoms with van der Waals surface area (Å²) in [5, 5.41) is 5.00. The second-order valence-corrected chi connectivity index (χ2v) is 9.03. The molecular weight excluding hydrogens is 512 g/mol. The number of hydrogen-bond acceptors (Lipinski definition) is 5. The van der Waals surface area contributed by atoms with Gasteiger partial charge in [-0.3, -0.25) is 9.59 Å². The summed E-state index contributed by atoms with van der Waals surface area (Å²) in [5.41, 5.74) is -0.174. The number of carbonyl (C=O) groups excluding carboxylic acids is 4. The van der Waals surface area contributed by atoms with Gasteiger partial charge in [0.15, 0.2) is 0 Å². The Bertz CT molecular complexity index is 1300. The van der Waals surface area contributed by atoms with Crippen LogP contribution in [0.5, 0.6) is 0 Å². The molecule has 0 aromatic heterocycles. The number of nitrogens with one attached hydrogen (secondary N) is 2. The fourth-order valence-corrected chi connectivity index (χ4v) is 4.60. The number of halogens is 4. The van der Waals surface area contributed by atoms with E-state index in [2.05, 4.69) is 10.6 Å². The highest BCUT2D eigenvalue weighted by Gasteiger charge is 2.58. The van der Waals surface area contributed by atoms with E-state index in [-0.39, 0.29) is 12.0 Å². The second kappa shape index (κ2) is 9.95. The summed E-state index contributed by atoms with van der Waals surface area (Å²) in [4.78, 5) is 51.7. The highest BCUT2D eigenvalue weighted by atomic mass is 19.4. The minimum atomic E-state index is -4.81. The molecule has 2 aromatic carbocycles. The number of nitrogens with zero attached hydrogens (tertiary/aromatic N) is 2. The van der Waals surface area contributed by atoms with Crippen molar-refractivity contribution >= 4 is 29.6 Å². The highest BCUT2D eigenvalue weighted by molar-refractivity contribution is 6.06. The number of fused-ring (bicyclic) bond motifs is 2. The number of alkyl halides is 3. The number of urea groups is 1. The third-order valence-corrected chi connectivity index (χ3v) is 6.64. The molecule has 1 aliphatic heterocycles. The number of anilines is 1. The van der Waals surface area contributed by atoms with E-state index in [0.29, 0.717) is 33.0 Å². The average molecular weight is 536 g/mol. The van der Waals surface area contributed by atoms with Crippen LogP contribution in [0.2, 0.25) is 0 Å². The molecule has 1 saturated heterocycles. The summed E-state index contributed by atoms with van der Waals surface area (Å²) < 4.78 is 59.8. The van der Waals surface area contributed by atoms with Gasteiger partial charge in [0, 0.05) is 31.3 Å². The molecule has 13 heteroatoms. The van der Waals surface area contributed by atoms with Crippen molar-refractivity contribution in [1.82, 2.24) is 15.1 Å². The first-order valence-corrected chi connectivity index (χ1v) is 11.6. The van der Waals surface area contributed by atoms with E-state index in [0.717, 1.165) is 19.1 Å². The molecule has 1 unspecified atom stereocenters. The van der Waals surface area contributed by atoms with Crippen molar-refractivity contribution in [1.29, 1.82) is 0 Å². The van der Waals surface area contributed by atoms with Crippen LogP contribution in [0.1, 0.15) is 30.0 Å². The van der Waals surface area contributed by atoms with Gasteiger partial charge in [-0.2, -0.15) is 13.2 Å². The molecule has 2 N–H and O–H groups in total. The van der Waals surface area contributed by atoms with Gasteiger partial charge in [-0.1, -0.05) is 18.2 Å². The van der Waals surface area contributed by atoms with Gasteiger partial charge in [0.2, 0.25) is 11.5 Å². The molecule has 1 heterocycles. The molecule has 1 spiro atoms. The fourth-order valence-electron chi connectivity index (χ4n) is 4.60. The first kappa shape index (κ1) is 26.9. The Labute approximate surface area is 214 Å². The minimum absolute atomic E-state index is 0.0625. The summed E-state index contributed by atoms with van der Waals surface area (Å²) in [7, 11) is 1.44. The highest BCUT2D eigenvalue weighted by Crippen LogP contribution is 2.46. The molecule has 1 fully saturated rings. The number of rotatable bonds is 6. The van der Waals surface area contributed by atoms with E-state index in [1.807, 2.05) is 0 Å². The lowest BCUT2D eigenvalue weighted by Gasteiger charge is -2.31. The van der Waals surface area contributed by atoms with E-state index < -0.39 is 60.7 Å². The van der Waals surface area contributed by atoms with Gasteiger partial charge < -0.3 is 20.3 Å². The zero-order valence-corrected chi connectivity index (χ0v) is 20.4. The van der Waals surface area contributed by atoms with Crippen LogP contribution in [-0.4, -0.2) is 59.5 Å². The number of aryl methyl sites for hydroxylation is 1. The van der Waals surface area contributed by atoms with Crippen LogP contribution in [0.25, 0.3) is 0 Å². The number of carbonyl (C=O) groups is 4. The third-order valence-electron chi connectivity index (χ3n) is 6.64. The molecule has 9 nitrogen and oxygen atoms in total. The van der Waals surface area contributed by atoms with E-state index in [1.165, 1.54) is 31.3 Å². The molecule has 0 saturated carbocycles. The number of ether oxygens (including phenoxy) is 1. The predicted octanol–water partition coefficient (Wildman–Crippen LogP) is 3.68. The van der Waals surface area contributed by atoms with Crippen LogP contribution in [0.3, 0.4) is 0 Å². The first-order valence-electron chi connectivity index (χ1n) is 11.6. The van der Waals surface area contributed by atoms with Crippen molar-refractivity contribution in [3.63, 3.8) is 0 Å². The second-order valence-electron chi connectivity index (χ2n) is 9.03. The Balaban J connectivity index is 1.57. The Kier molecular flexibility index (Phi) is 7.04. The molecule has 2 aromatic rings. The molecule has 202 valence electrons. The summed E-state index contributed by atoms with van der Waals surface area (Å²) in [5.74, 6) is -2.72. The molecule has 0 radical (unpaired) electrons. The molecule has 2 aliphatic rings. The van der Waals surface area contributed by atoms with Gasteiger partial charge in [-0.15, -0.1) is 0 Å². The van der Waals surface area contributed by atoms with Crippen molar-refractivity contribution in [3.05, 3.63) is 65.0 Å². The Morgan fingerprint density at radius 1 is 1.18 bits per heavy atom.